The van der Waals surface area contributed by atoms with Crippen molar-refractivity contribution in [2.45, 2.75) is 31.8 Å². The third-order valence-corrected chi connectivity index (χ3v) is 3.59. The van der Waals surface area contributed by atoms with E-state index >= 15 is 0 Å². The van der Waals surface area contributed by atoms with Gasteiger partial charge in [0.05, 0.1) is 12.2 Å². The molecule has 2 amide bonds. The number of amides is 2. The third-order valence-electron chi connectivity index (χ3n) is 3.59. The lowest BCUT2D eigenvalue weighted by atomic mass is 10.1. The van der Waals surface area contributed by atoms with Gasteiger partial charge in [0.2, 0.25) is 5.91 Å². The molecule has 7 nitrogen and oxygen atoms in total. The van der Waals surface area contributed by atoms with Crippen LogP contribution in [0.15, 0.2) is 48.8 Å². The molecule has 0 radical (unpaired) electrons. The molecule has 0 saturated carbocycles. The highest BCUT2D eigenvalue weighted by Gasteiger charge is 2.21. The molecule has 0 aromatic carbocycles. The van der Waals surface area contributed by atoms with E-state index in [-0.39, 0.29) is 24.8 Å². The van der Waals surface area contributed by atoms with E-state index < -0.39 is 11.9 Å². The number of aromatic nitrogens is 2. The first-order valence-corrected chi connectivity index (χ1v) is 8.21. The number of aliphatic hydroxyl groups is 1. The average Bonchev–Trinajstić information content (AvgIpc) is 2.67. The Morgan fingerprint density at radius 1 is 1.04 bits per heavy atom. The summed E-state index contributed by atoms with van der Waals surface area (Å²) in [5.74, 6) is -0.685. The molecule has 0 aliphatic heterocycles. The number of carbonyl (C=O) groups is 2. The fourth-order valence-corrected chi connectivity index (χ4v) is 2.26. The van der Waals surface area contributed by atoms with E-state index in [0.29, 0.717) is 19.3 Å². The van der Waals surface area contributed by atoms with Crippen LogP contribution >= 0.6 is 0 Å². The summed E-state index contributed by atoms with van der Waals surface area (Å²) in [4.78, 5) is 32.8. The Morgan fingerprint density at radius 2 is 1.80 bits per heavy atom. The summed E-state index contributed by atoms with van der Waals surface area (Å²) in [7, 11) is 0. The predicted molar refractivity (Wildman–Crippen MR) is 92.5 cm³/mol. The first kappa shape index (κ1) is 18.5. The van der Waals surface area contributed by atoms with Crippen molar-refractivity contribution >= 4 is 11.8 Å². The van der Waals surface area contributed by atoms with Crippen LogP contribution in [0.1, 0.15) is 35.4 Å². The Bertz CT molecular complexity index is 665. The number of aliphatic hydroxyl groups excluding tert-OH is 1. The van der Waals surface area contributed by atoms with Gasteiger partial charge < -0.3 is 15.7 Å². The Hall–Kier alpha value is -2.80. The molecule has 25 heavy (non-hydrogen) atoms. The van der Waals surface area contributed by atoms with Gasteiger partial charge in [-0.15, -0.1) is 0 Å². The summed E-state index contributed by atoms with van der Waals surface area (Å²) in [6.07, 6.45) is 4.82. The zero-order valence-electron chi connectivity index (χ0n) is 13.9. The molecule has 0 bridgehead atoms. The van der Waals surface area contributed by atoms with Crippen LogP contribution in [0.5, 0.6) is 0 Å². The van der Waals surface area contributed by atoms with Gasteiger partial charge in [-0.05, 0) is 43.5 Å². The van der Waals surface area contributed by atoms with Crippen molar-refractivity contribution in [3.8, 4) is 0 Å². The van der Waals surface area contributed by atoms with Crippen molar-refractivity contribution < 1.29 is 14.7 Å². The summed E-state index contributed by atoms with van der Waals surface area (Å²) in [6.45, 7) is 0.339. The molecule has 0 spiro atoms. The Morgan fingerprint density at radius 3 is 2.44 bits per heavy atom. The van der Waals surface area contributed by atoms with Crippen molar-refractivity contribution in [3.05, 3.63) is 60.2 Å². The topological polar surface area (TPSA) is 104 Å². The lowest BCUT2D eigenvalue weighted by molar-refractivity contribution is -0.123. The highest BCUT2D eigenvalue weighted by Crippen LogP contribution is 2.04. The normalized spacial score (nSPS) is 11.6. The number of nitrogens with zero attached hydrogens (tertiary/aromatic N) is 2. The Balaban J connectivity index is 1.96. The Labute approximate surface area is 146 Å². The number of rotatable bonds is 9. The van der Waals surface area contributed by atoms with Gasteiger partial charge in [0.1, 0.15) is 11.7 Å². The molecule has 2 rings (SSSR count). The highest BCUT2D eigenvalue weighted by atomic mass is 16.3. The molecule has 132 valence electrons. The Kier molecular flexibility index (Phi) is 7.52. The zero-order valence-corrected chi connectivity index (χ0v) is 13.9. The van der Waals surface area contributed by atoms with Gasteiger partial charge in [0.25, 0.3) is 5.91 Å². The molecule has 0 fully saturated rings. The fourth-order valence-electron chi connectivity index (χ4n) is 2.26. The van der Waals surface area contributed by atoms with Gasteiger partial charge in [0.15, 0.2) is 0 Å². The van der Waals surface area contributed by atoms with Crippen LogP contribution in [0.3, 0.4) is 0 Å². The summed E-state index contributed by atoms with van der Waals surface area (Å²) in [5, 5.41) is 14.4. The number of unbranched alkanes of at least 4 members (excludes halogenated alkanes) is 1. The van der Waals surface area contributed by atoms with Crippen LogP contribution in [0.2, 0.25) is 0 Å². The van der Waals surface area contributed by atoms with Crippen LogP contribution < -0.4 is 10.6 Å². The van der Waals surface area contributed by atoms with E-state index in [1.165, 1.54) is 6.20 Å². The molecule has 2 aromatic heterocycles. The van der Waals surface area contributed by atoms with Crippen LogP contribution in [0, 0.1) is 0 Å². The smallest absolute Gasteiger partial charge is 0.270 e. The monoisotopic (exact) mass is 342 g/mol. The number of carbonyl (C=O) groups excluding carboxylic acids is 2. The molecule has 0 unspecified atom stereocenters. The fraction of sp³-hybridized carbons (Fsp3) is 0.333. The average molecular weight is 342 g/mol. The SMILES string of the molecule is O=C(N[C@@H](CCCCO)C(=O)NCc1ccccn1)c1ccccn1. The largest absolute Gasteiger partial charge is 0.396 e. The molecule has 0 aliphatic carbocycles. The maximum absolute atomic E-state index is 12.4. The predicted octanol–water partition coefficient (Wildman–Crippen LogP) is 1.05. The van der Waals surface area contributed by atoms with Gasteiger partial charge >= 0.3 is 0 Å². The van der Waals surface area contributed by atoms with Gasteiger partial charge in [-0.1, -0.05) is 12.1 Å². The minimum Gasteiger partial charge on any atom is -0.396 e. The van der Waals surface area contributed by atoms with Gasteiger partial charge in [-0.2, -0.15) is 0 Å². The van der Waals surface area contributed by atoms with Crippen molar-refractivity contribution in [2.24, 2.45) is 0 Å². The summed E-state index contributed by atoms with van der Waals surface area (Å²) < 4.78 is 0. The van der Waals surface area contributed by atoms with Crippen molar-refractivity contribution in [1.29, 1.82) is 0 Å². The third kappa shape index (κ3) is 6.31. The highest BCUT2D eigenvalue weighted by molar-refractivity contribution is 5.96. The van der Waals surface area contributed by atoms with Crippen molar-refractivity contribution in [3.63, 3.8) is 0 Å². The minimum absolute atomic E-state index is 0.0520. The minimum atomic E-state index is -0.690. The van der Waals surface area contributed by atoms with E-state index in [9.17, 15) is 9.59 Å². The van der Waals surface area contributed by atoms with E-state index in [0.717, 1.165) is 5.69 Å². The molecule has 0 saturated heterocycles. The first-order valence-electron chi connectivity index (χ1n) is 8.21. The standard InChI is InChI=1S/C18H22N4O3/c23-12-6-3-9-16(22-18(25)15-8-2-5-11-20-15)17(24)21-13-14-7-1-4-10-19-14/h1-2,4-5,7-8,10-11,16,23H,3,6,9,12-13H2,(H,21,24)(H,22,25)/t16-/m0/s1. The zero-order chi connectivity index (χ0) is 17.9. The molecule has 1 atom stereocenters. The van der Waals surface area contributed by atoms with Gasteiger partial charge in [0, 0.05) is 19.0 Å². The number of pyridine rings is 2. The second kappa shape index (κ2) is 10.1. The lowest BCUT2D eigenvalue weighted by Crippen LogP contribution is -2.46. The summed E-state index contributed by atoms with van der Waals surface area (Å²) in [5.41, 5.74) is 0.994. The summed E-state index contributed by atoms with van der Waals surface area (Å²) >= 11 is 0. The molecule has 3 N–H and O–H groups in total. The maximum atomic E-state index is 12.4. The van der Waals surface area contributed by atoms with E-state index in [1.807, 2.05) is 12.1 Å². The van der Waals surface area contributed by atoms with E-state index in [4.69, 9.17) is 5.11 Å². The lowest BCUT2D eigenvalue weighted by Gasteiger charge is -2.18. The van der Waals surface area contributed by atoms with Crippen LogP contribution in [-0.4, -0.2) is 39.5 Å². The number of hydrogen-bond acceptors (Lipinski definition) is 5. The molecular formula is C18H22N4O3. The quantitative estimate of drug-likeness (QED) is 0.591. The van der Waals surface area contributed by atoms with Crippen molar-refractivity contribution in [1.82, 2.24) is 20.6 Å². The number of hydrogen-bond donors (Lipinski definition) is 3. The first-order chi connectivity index (χ1) is 12.2. The summed E-state index contributed by atoms with van der Waals surface area (Å²) in [6, 6.07) is 9.79. The van der Waals surface area contributed by atoms with E-state index in [2.05, 4.69) is 20.6 Å². The van der Waals surface area contributed by atoms with Gasteiger partial charge in [-0.25, -0.2) is 0 Å². The second-order valence-corrected chi connectivity index (χ2v) is 5.50. The molecule has 2 aromatic rings. The second-order valence-electron chi connectivity index (χ2n) is 5.50. The van der Waals surface area contributed by atoms with Gasteiger partial charge in [-0.3, -0.25) is 19.6 Å². The van der Waals surface area contributed by atoms with Crippen LogP contribution in [-0.2, 0) is 11.3 Å². The molecular weight excluding hydrogens is 320 g/mol. The maximum Gasteiger partial charge on any atom is 0.270 e. The molecule has 7 heteroatoms. The van der Waals surface area contributed by atoms with Crippen molar-refractivity contribution in [2.75, 3.05) is 6.61 Å². The molecule has 0 aliphatic rings. The van der Waals surface area contributed by atoms with Crippen LogP contribution in [0.25, 0.3) is 0 Å². The number of nitrogens with one attached hydrogen (secondary N) is 2. The molecule has 2 heterocycles. The van der Waals surface area contributed by atoms with Crippen LogP contribution in [0.4, 0.5) is 0 Å². The van der Waals surface area contributed by atoms with E-state index in [1.54, 1.807) is 30.5 Å².